The maximum Gasteiger partial charge on any atom is 0.0495 e. The quantitative estimate of drug-likeness (QED) is 0.163. The molecule has 254 valence electrons. The molecule has 0 N–H and O–H groups in total. The molecule has 0 bridgehead atoms. The van der Waals surface area contributed by atoms with Gasteiger partial charge in [-0.15, -0.1) is 0 Å². The summed E-state index contributed by atoms with van der Waals surface area (Å²) in [5.74, 6) is 0. The van der Waals surface area contributed by atoms with E-state index in [1.807, 2.05) is 0 Å². The van der Waals surface area contributed by atoms with Crippen molar-refractivity contribution in [3.63, 3.8) is 0 Å². The van der Waals surface area contributed by atoms with Crippen molar-refractivity contribution in [2.75, 3.05) is 0 Å². The summed E-state index contributed by atoms with van der Waals surface area (Å²) in [5.41, 5.74) is 14.9. The third-order valence-electron chi connectivity index (χ3n) is 11.8. The van der Waals surface area contributed by atoms with Crippen LogP contribution in [0.15, 0.2) is 182 Å². The standard InChI is InChI=1S/C52H36N2/c1-53-46-27-8-6-19-42(46)51-38(25-13-29-48(51)53)36-21-11-23-40-44(36)32-45-37(39-26-14-30-49-52(39)43-20-7-9-28-47(43)54(49)2)22-12-24-41(45)50(40)35-18-10-17-34(31-35)33-15-4-3-5-16-33/h3-32H,1-2H3. The van der Waals surface area contributed by atoms with Gasteiger partial charge < -0.3 is 9.13 Å². The number of para-hydroxylation sites is 2. The van der Waals surface area contributed by atoms with Crippen LogP contribution in [0, 0.1) is 0 Å². The lowest BCUT2D eigenvalue weighted by Gasteiger charge is -2.18. The molecule has 2 heterocycles. The van der Waals surface area contributed by atoms with Gasteiger partial charge in [-0.25, -0.2) is 0 Å². The Labute approximate surface area is 313 Å². The van der Waals surface area contributed by atoms with Gasteiger partial charge in [-0.1, -0.05) is 146 Å². The number of rotatable bonds is 4. The van der Waals surface area contributed by atoms with E-state index in [0.29, 0.717) is 0 Å². The topological polar surface area (TPSA) is 9.86 Å². The smallest absolute Gasteiger partial charge is 0.0495 e. The second-order valence-corrected chi connectivity index (χ2v) is 14.6. The van der Waals surface area contributed by atoms with Crippen LogP contribution in [-0.4, -0.2) is 9.13 Å². The molecule has 0 aliphatic heterocycles. The van der Waals surface area contributed by atoms with Gasteiger partial charge in [0.05, 0.1) is 0 Å². The van der Waals surface area contributed by atoms with Crippen LogP contribution >= 0.6 is 0 Å². The third-order valence-corrected chi connectivity index (χ3v) is 11.8. The Morgan fingerprint density at radius 1 is 0.278 bits per heavy atom. The predicted molar refractivity (Wildman–Crippen MR) is 231 cm³/mol. The summed E-state index contributed by atoms with van der Waals surface area (Å²) >= 11 is 0. The Morgan fingerprint density at radius 3 is 1.26 bits per heavy atom. The molecular formula is C52H36N2. The molecule has 0 amide bonds. The first-order valence-electron chi connectivity index (χ1n) is 18.7. The monoisotopic (exact) mass is 688 g/mol. The highest BCUT2D eigenvalue weighted by molar-refractivity contribution is 6.24. The Morgan fingerprint density at radius 2 is 0.685 bits per heavy atom. The molecule has 0 spiro atoms. The van der Waals surface area contributed by atoms with E-state index >= 15 is 0 Å². The number of fused-ring (bicyclic) bond motifs is 8. The van der Waals surface area contributed by atoms with E-state index in [9.17, 15) is 0 Å². The molecule has 9 aromatic carbocycles. The Hall–Kier alpha value is -6.90. The molecule has 0 unspecified atom stereocenters. The molecule has 0 radical (unpaired) electrons. The molecule has 2 nitrogen and oxygen atoms in total. The highest BCUT2D eigenvalue weighted by Gasteiger charge is 2.21. The molecular weight excluding hydrogens is 653 g/mol. The summed E-state index contributed by atoms with van der Waals surface area (Å²) < 4.78 is 4.66. The van der Waals surface area contributed by atoms with Crippen LogP contribution in [0.2, 0.25) is 0 Å². The first-order chi connectivity index (χ1) is 26.7. The zero-order valence-corrected chi connectivity index (χ0v) is 30.2. The molecule has 0 aliphatic carbocycles. The number of hydrogen-bond donors (Lipinski definition) is 0. The van der Waals surface area contributed by atoms with E-state index in [-0.39, 0.29) is 0 Å². The minimum Gasteiger partial charge on any atom is -0.344 e. The minimum atomic E-state index is 1.21. The molecule has 2 aromatic heterocycles. The molecule has 54 heavy (non-hydrogen) atoms. The van der Waals surface area contributed by atoms with Gasteiger partial charge in [-0.2, -0.15) is 0 Å². The molecule has 0 aliphatic rings. The lowest BCUT2D eigenvalue weighted by Crippen LogP contribution is -1.92. The van der Waals surface area contributed by atoms with Crippen molar-refractivity contribution < 1.29 is 0 Å². The molecule has 11 aromatic rings. The average molecular weight is 689 g/mol. The summed E-state index contributed by atoms with van der Waals surface area (Å²) in [6.07, 6.45) is 0. The Kier molecular flexibility index (Phi) is 6.72. The zero-order chi connectivity index (χ0) is 35.9. The molecule has 0 saturated heterocycles. The largest absolute Gasteiger partial charge is 0.344 e. The third kappa shape index (κ3) is 4.41. The number of aryl methyl sites for hydroxylation is 2. The number of nitrogens with zero attached hydrogens (tertiary/aromatic N) is 2. The molecule has 2 heteroatoms. The van der Waals surface area contributed by atoms with Crippen LogP contribution in [0.4, 0.5) is 0 Å². The van der Waals surface area contributed by atoms with Gasteiger partial charge in [0, 0.05) is 57.7 Å². The maximum absolute atomic E-state index is 2.48. The number of hydrogen-bond acceptors (Lipinski definition) is 0. The lowest BCUT2D eigenvalue weighted by atomic mass is 9.85. The average Bonchev–Trinajstić information content (AvgIpc) is 3.70. The molecule has 0 atom stereocenters. The van der Waals surface area contributed by atoms with Crippen molar-refractivity contribution in [3.05, 3.63) is 182 Å². The summed E-state index contributed by atoms with van der Waals surface area (Å²) in [4.78, 5) is 0. The predicted octanol–water partition coefficient (Wildman–Crippen LogP) is 14.0. The van der Waals surface area contributed by atoms with Crippen molar-refractivity contribution in [2.45, 2.75) is 0 Å². The van der Waals surface area contributed by atoms with Gasteiger partial charge >= 0.3 is 0 Å². The first kappa shape index (κ1) is 30.7. The van der Waals surface area contributed by atoms with Crippen molar-refractivity contribution in [1.29, 1.82) is 0 Å². The van der Waals surface area contributed by atoms with Crippen molar-refractivity contribution in [1.82, 2.24) is 9.13 Å². The highest BCUT2D eigenvalue weighted by atomic mass is 14.9. The van der Waals surface area contributed by atoms with Crippen molar-refractivity contribution >= 4 is 65.2 Å². The maximum atomic E-state index is 2.48. The van der Waals surface area contributed by atoms with Gasteiger partial charge in [0.1, 0.15) is 0 Å². The summed E-state index contributed by atoms with van der Waals surface area (Å²) in [7, 11) is 4.37. The van der Waals surface area contributed by atoms with E-state index < -0.39 is 0 Å². The van der Waals surface area contributed by atoms with Crippen molar-refractivity contribution in [2.24, 2.45) is 14.1 Å². The van der Waals surface area contributed by atoms with E-state index in [2.05, 4.69) is 205 Å². The molecule has 0 saturated carbocycles. The van der Waals surface area contributed by atoms with E-state index in [1.54, 1.807) is 0 Å². The van der Waals surface area contributed by atoms with Gasteiger partial charge in [-0.05, 0) is 102 Å². The Bertz CT molecular complexity index is 3110. The fraction of sp³-hybridized carbons (Fsp3) is 0.0385. The van der Waals surface area contributed by atoms with Crippen LogP contribution in [0.5, 0.6) is 0 Å². The van der Waals surface area contributed by atoms with Gasteiger partial charge in [0.25, 0.3) is 0 Å². The molecule has 0 fully saturated rings. The van der Waals surface area contributed by atoms with Crippen molar-refractivity contribution in [3.8, 4) is 44.5 Å². The highest BCUT2D eigenvalue weighted by Crippen LogP contribution is 2.47. The van der Waals surface area contributed by atoms with E-state index in [4.69, 9.17) is 0 Å². The van der Waals surface area contributed by atoms with Crippen LogP contribution in [0.1, 0.15) is 0 Å². The first-order valence-corrected chi connectivity index (χ1v) is 18.7. The second kappa shape index (κ2) is 11.8. The van der Waals surface area contributed by atoms with Crippen LogP contribution in [0.25, 0.3) is 110 Å². The van der Waals surface area contributed by atoms with Gasteiger partial charge in [0.15, 0.2) is 0 Å². The lowest BCUT2D eigenvalue weighted by molar-refractivity contribution is 1.01. The SMILES string of the molecule is Cn1c2ccccc2c2c(-c3cccc4c(-c5cccc(-c6ccccc6)c5)c5cccc(-c6cccc7c6c6ccccc6n7C)c5cc34)cccc21. The van der Waals surface area contributed by atoms with E-state index in [1.165, 1.54) is 110 Å². The van der Waals surface area contributed by atoms with E-state index in [0.717, 1.165) is 0 Å². The second-order valence-electron chi connectivity index (χ2n) is 14.6. The molecule has 11 rings (SSSR count). The fourth-order valence-corrected chi connectivity index (χ4v) is 9.30. The summed E-state index contributed by atoms with van der Waals surface area (Å²) in [5, 5.41) is 10.2. The zero-order valence-electron chi connectivity index (χ0n) is 30.2. The van der Waals surface area contributed by atoms with Gasteiger partial charge in [-0.3, -0.25) is 0 Å². The number of benzene rings is 9. The summed E-state index contributed by atoms with van der Waals surface area (Å²) in [6.45, 7) is 0. The number of aromatic nitrogens is 2. The van der Waals surface area contributed by atoms with Crippen LogP contribution in [0.3, 0.4) is 0 Å². The fourth-order valence-electron chi connectivity index (χ4n) is 9.30. The minimum absolute atomic E-state index is 1.21. The van der Waals surface area contributed by atoms with Crippen LogP contribution in [-0.2, 0) is 14.1 Å². The van der Waals surface area contributed by atoms with Gasteiger partial charge in [0.2, 0.25) is 0 Å². The van der Waals surface area contributed by atoms with Crippen LogP contribution < -0.4 is 0 Å². The normalized spacial score (nSPS) is 11.9. The summed E-state index contributed by atoms with van der Waals surface area (Å²) in [6, 6.07) is 67.3. The Balaban J connectivity index is 1.29.